The summed E-state index contributed by atoms with van der Waals surface area (Å²) >= 11 is 3.45. The van der Waals surface area contributed by atoms with Gasteiger partial charge >= 0.3 is 0 Å². The van der Waals surface area contributed by atoms with Gasteiger partial charge in [0, 0.05) is 36.1 Å². The number of amides is 2. The lowest BCUT2D eigenvalue weighted by Gasteiger charge is -2.25. The van der Waals surface area contributed by atoms with Crippen LogP contribution < -0.4 is 10.6 Å². The highest BCUT2D eigenvalue weighted by molar-refractivity contribution is 7.99. The Balaban J connectivity index is 1.55. The highest BCUT2D eigenvalue weighted by Gasteiger charge is 2.31. The molecule has 1 aliphatic carbocycles. The molecule has 1 heterocycles. The second-order valence-corrected chi connectivity index (χ2v) is 10.6. The topological polar surface area (TPSA) is 105 Å². The van der Waals surface area contributed by atoms with Crippen molar-refractivity contribution >= 4 is 41.0 Å². The molecule has 1 saturated carbocycles. The largest absolute Gasteiger partial charge is 0.350 e. The van der Waals surface area contributed by atoms with E-state index in [4.69, 9.17) is 0 Å². The Bertz CT molecular complexity index is 787. The lowest BCUT2D eigenvalue weighted by atomic mass is 9.91. The number of carbonyl (C=O) groups is 2. The van der Waals surface area contributed by atoms with E-state index >= 15 is 0 Å². The van der Waals surface area contributed by atoms with E-state index in [1.165, 1.54) is 44.2 Å². The van der Waals surface area contributed by atoms with Crippen molar-refractivity contribution in [2.75, 3.05) is 30.2 Å². The number of carbonyl (C=O) groups excluding carboxylic acids is 2. The number of hydrogen-bond donors (Lipinski definition) is 2. The molecular weight excluding hydrogens is 448 g/mol. The third-order valence-electron chi connectivity index (χ3n) is 6.02. The monoisotopic (exact) mass is 480 g/mol. The number of likely N-dealkylation sites (N-methyl/N-ethyl adjacent to an activating group) is 1. The van der Waals surface area contributed by atoms with Gasteiger partial charge in [-0.05, 0) is 37.1 Å². The summed E-state index contributed by atoms with van der Waals surface area (Å²) in [5.41, 5.74) is 0.790. The van der Waals surface area contributed by atoms with Gasteiger partial charge in [-0.25, -0.2) is 0 Å². The van der Waals surface area contributed by atoms with E-state index in [-0.39, 0.29) is 30.1 Å². The van der Waals surface area contributed by atoms with Crippen molar-refractivity contribution in [3.63, 3.8) is 0 Å². The van der Waals surface area contributed by atoms with E-state index in [9.17, 15) is 19.7 Å². The molecular formula is C22H32N4O4S2. The zero-order chi connectivity index (χ0) is 22.9. The molecule has 2 amide bonds. The highest BCUT2D eigenvalue weighted by Crippen LogP contribution is 2.27. The first-order valence-electron chi connectivity index (χ1n) is 11.1. The highest BCUT2D eigenvalue weighted by atomic mass is 32.2. The SMILES string of the molecule is CN1CSC[C@H]1C(=O)N[C@@H](CSCC1CCCCC1)C(=O)NCc1ccc([N+](=O)[O-])cc1. The minimum absolute atomic E-state index is 0.0166. The van der Waals surface area contributed by atoms with Gasteiger partial charge in [0.1, 0.15) is 6.04 Å². The molecule has 8 nitrogen and oxygen atoms in total. The van der Waals surface area contributed by atoms with Crippen molar-refractivity contribution in [2.24, 2.45) is 5.92 Å². The molecule has 2 fully saturated rings. The van der Waals surface area contributed by atoms with Gasteiger partial charge in [0.25, 0.3) is 5.69 Å². The van der Waals surface area contributed by atoms with Crippen molar-refractivity contribution in [3.8, 4) is 0 Å². The molecule has 1 aromatic carbocycles. The molecule has 0 radical (unpaired) electrons. The van der Waals surface area contributed by atoms with Crippen LogP contribution in [0.2, 0.25) is 0 Å². The minimum Gasteiger partial charge on any atom is -0.350 e. The Morgan fingerprint density at radius 1 is 1.25 bits per heavy atom. The minimum atomic E-state index is -0.604. The first kappa shape index (κ1) is 24.9. The van der Waals surface area contributed by atoms with Crippen LogP contribution >= 0.6 is 23.5 Å². The van der Waals surface area contributed by atoms with Crippen LogP contribution in [0.4, 0.5) is 5.69 Å². The molecule has 32 heavy (non-hydrogen) atoms. The quantitative estimate of drug-likeness (QED) is 0.392. The molecule has 1 aromatic rings. The van der Waals surface area contributed by atoms with Crippen LogP contribution in [0.25, 0.3) is 0 Å². The standard InChI is InChI=1S/C22H32N4O4S2/c1-25-15-32-14-20(25)22(28)24-19(13-31-12-17-5-3-2-4-6-17)21(27)23-11-16-7-9-18(10-8-16)26(29)30/h7-10,17,19-20H,2-6,11-15H2,1H3,(H,23,27)(H,24,28)/t19-,20-/m0/s1. The van der Waals surface area contributed by atoms with Gasteiger partial charge in [0.2, 0.25) is 11.8 Å². The predicted octanol–water partition coefficient (Wildman–Crippen LogP) is 3.01. The molecule has 2 N–H and O–H groups in total. The third-order valence-corrected chi connectivity index (χ3v) is 8.43. The number of nitro benzene ring substituents is 1. The lowest BCUT2D eigenvalue weighted by Crippen LogP contribution is -2.53. The number of thioether (sulfide) groups is 2. The number of nitrogens with zero attached hydrogens (tertiary/aromatic N) is 2. The molecule has 1 saturated heterocycles. The Morgan fingerprint density at radius 2 is 1.97 bits per heavy atom. The van der Waals surface area contributed by atoms with Gasteiger partial charge < -0.3 is 10.6 Å². The Morgan fingerprint density at radius 3 is 2.59 bits per heavy atom. The average Bonchev–Trinajstić information content (AvgIpc) is 3.23. The maximum absolute atomic E-state index is 12.9. The van der Waals surface area contributed by atoms with Crippen molar-refractivity contribution in [1.29, 1.82) is 0 Å². The zero-order valence-corrected chi connectivity index (χ0v) is 20.1. The fraction of sp³-hybridized carbons (Fsp3) is 0.636. The van der Waals surface area contributed by atoms with E-state index in [0.717, 1.165) is 22.9 Å². The van der Waals surface area contributed by atoms with Crippen LogP contribution in [0, 0.1) is 16.0 Å². The fourth-order valence-electron chi connectivity index (χ4n) is 4.01. The summed E-state index contributed by atoms with van der Waals surface area (Å²) in [7, 11) is 1.92. The summed E-state index contributed by atoms with van der Waals surface area (Å²) in [6, 6.07) is 5.30. The number of hydrogen-bond acceptors (Lipinski definition) is 7. The molecule has 2 atom stereocenters. The fourth-order valence-corrected chi connectivity index (χ4v) is 6.48. The molecule has 176 valence electrons. The number of benzene rings is 1. The van der Waals surface area contributed by atoms with Gasteiger partial charge in [-0.15, -0.1) is 11.8 Å². The number of nitro groups is 1. The van der Waals surface area contributed by atoms with Crippen LogP contribution in [0.3, 0.4) is 0 Å². The Kier molecular flexibility index (Phi) is 9.68. The van der Waals surface area contributed by atoms with E-state index in [1.807, 2.05) is 11.9 Å². The molecule has 2 aliphatic rings. The van der Waals surface area contributed by atoms with Crippen LogP contribution in [-0.4, -0.2) is 63.9 Å². The van der Waals surface area contributed by atoms with E-state index in [1.54, 1.807) is 35.7 Å². The summed E-state index contributed by atoms with van der Waals surface area (Å²) in [4.78, 5) is 38.1. The average molecular weight is 481 g/mol. The van der Waals surface area contributed by atoms with Crippen LogP contribution in [0.15, 0.2) is 24.3 Å². The van der Waals surface area contributed by atoms with Gasteiger partial charge in [-0.3, -0.25) is 24.6 Å². The maximum atomic E-state index is 12.9. The van der Waals surface area contributed by atoms with Gasteiger partial charge in [0.15, 0.2) is 0 Å². The van der Waals surface area contributed by atoms with Crippen molar-refractivity contribution in [3.05, 3.63) is 39.9 Å². The summed E-state index contributed by atoms with van der Waals surface area (Å²) in [5.74, 6) is 3.47. The van der Waals surface area contributed by atoms with Crippen LogP contribution in [0.5, 0.6) is 0 Å². The normalized spacial score (nSPS) is 20.6. The first-order chi connectivity index (χ1) is 15.4. The molecule has 0 spiro atoms. The van der Waals surface area contributed by atoms with E-state index < -0.39 is 11.0 Å². The second kappa shape index (κ2) is 12.5. The molecule has 0 aromatic heterocycles. The summed E-state index contributed by atoms with van der Waals surface area (Å²) in [6.45, 7) is 0.260. The summed E-state index contributed by atoms with van der Waals surface area (Å²) in [5, 5.41) is 16.7. The maximum Gasteiger partial charge on any atom is 0.269 e. The summed E-state index contributed by atoms with van der Waals surface area (Å²) < 4.78 is 0. The predicted molar refractivity (Wildman–Crippen MR) is 130 cm³/mol. The zero-order valence-electron chi connectivity index (χ0n) is 18.5. The second-order valence-electron chi connectivity index (χ2n) is 8.52. The number of nitrogens with one attached hydrogen (secondary N) is 2. The summed E-state index contributed by atoms with van der Waals surface area (Å²) in [6.07, 6.45) is 6.39. The molecule has 0 unspecified atom stereocenters. The van der Waals surface area contributed by atoms with Gasteiger partial charge in [0.05, 0.1) is 11.0 Å². The lowest BCUT2D eigenvalue weighted by molar-refractivity contribution is -0.384. The van der Waals surface area contributed by atoms with Crippen LogP contribution in [-0.2, 0) is 16.1 Å². The Hall–Kier alpha value is -1.78. The van der Waals surface area contributed by atoms with Gasteiger partial charge in [-0.2, -0.15) is 11.8 Å². The van der Waals surface area contributed by atoms with E-state index in [0.29, 0.717) is 11.7 Å². The number of non-ortho nitro benzene ring substituents is 1. The van der Waals surface area contributed by atoms with Crippen molar-refractivity contribution in [1.82, 2.24) is 15.5 Å². The van der Waals surface area contributed by atoms with E-state index in [2.05, 4.69) is 10.6 Å². The third kappa shape index (κ3) is 7.38. The van der Waals surface area contributed by atoms with Crippen LogP contribution in [0.1, 0.15) is 37.7 Å². The molecule has 1 aliphatic heterocycles. The Labute approximate surface area is 197 Å². The number of rotatable bonds is 10. The molecule has 3 rings (SSSR count). The smallest absolute Gasteiger partial charge is 0.269 e. The van der Waals surface area contributed by atoms with Crippen molar-refractivity contribution in [2.45, 2.75) is 50.7 Å². The van der Waals surface area contributed by atoms with Crippen molar-refractivity contribution < 1.29 is 14.5 Å². The molecule has 10 heteroatoms. The first-order valence-corrected chi connectivity index (χ1v) is 13.4. The molecule has 0 bridgehead atoms. The van der Waals surface area contributed by atoms with Gasteiger partial charge in [-0.1, -0.05) is 31.4 Å².